The number of hydrogen-bond acceptors (Lipinski definition) is 5. The second-order valence-corrected chi connectivity index (χ2v) is 4.47. The van der Waals surface area contributed by atoms with Gasteiger partial charge in [-0.2, -0.15) is 0 Å². The molecule has 0 fully saturated rings. The zero-order valence-corrected chi connectivity index (χ0v) is 12.5. The summed E-state index contributed by atoms with van der Waals surface area (Å²) >= 11 is 0. The lowest BCUT2D eigenvalue weighted by Crippen LogP contribution is -2.05. The van der Waals surface area contributed by atoms with Crippen LogP contribution in [0.25, 0.3) is 0 Å². The summed E-state index contributed by atoms with van der Waals surface area (Å²) < 4.78 is 15.6. The average Bonchev–Trinajstić information content (AvgIpc) is 2.45. The van der Waals surface area contributed by atoms with E-state index in [2.05, 4.69) is 0 Å². The van der Waals surface area contributed by atoms with Crippen molar-refractivity contribution in [2.45, 2.75) is 33.1 Å². The maximum Gasteiger partial charge on any atom is 0.188 e. The van der Waals surface area contributed by atoms with Crippen LogP contribution in [0, 0.1) is 6.92 Å². The predicted octanol–water partition coefficient (Wildman–Crippen LogP) is 2.60. The van der Waals surface area contributed by atoms with Gasteiger partial charge in [-0.3, -0.25) is 4.79 Å². The van der Waals surface area contributed by atoms with Crippen LogP contribution in [0.3, 0.4) is 0 Å². The summed E-state index contributed by atoms with van der Waals surface area (Å²) in [4.78, 5) is 11.4. The van der Waals surface area contributed by atoms with Crippen molar-refractivity contribution in [3.63, 3.8) is 0 Å². The molecule has 0 aromatic heterocycles. The first-order chi connectivity index (χ1) is 9.54. The van der Waals surface area contributed by atoms with E-state index in [4.69, 9.17) is 14.2 Å². The SMILES string of the molecule is CCC(=O)CCc1c(O)cc(OCOC)c(C)c1OC. The first-order valence-corrected chi connectivity index (χ1v) is 6.57. The molecule has 112 valence electrons. The third kappa shape index (κ3) is 3.87. The number of aromatic hydroxyl groups is 1. The van der Waals surface area contributed by atoms with Gasteiger partial charge in [-0.1, -0.05) is 6.92 Å². The van der Waals surface area contributed by atoms with E-state index in [1.54, 1.807) is 0 Å². The van der Waals surface area contributed by atoms with Gasteiger partial charge in [0.25, 0.3) is 0 Å². The molecule has 1 N–H and O–H groups in total. The molecule has 0 spiro atoms. The molecule has 1 aromatic carbocycles. The van der Waals surface area contributed by atoms with Crippen molar-refractivity contribution >= 4 is 5.78 Å². The Hall–Kier alpha value is -1.75. The van der Waals surface area contributed by atoms with E-state index in [0.29, 0.717) is 36.3 Å². The predicted molar refractivity (Wildman–Crippen MR) is 75.5 cm³/mol. The number of phenols is 1. The Morgan fingerprint density at radius 1 is 1.35 bits per heavy atom. The maximum absolute atomic E-state index is 11.4. The van der Waals surface area contributed by atoms with Gasteiger partial charge in [-0.05, 0) is 13.3 Å². The van der Waals surface area contributed by atoms with Crippen LogP contribution in [0.4, 0.5) is 0 Å². The molecule has 0 radical (unpaired) electrons. The summed E-state index contributed by atoms with van der Waals surface area (Å²) in [6.45, 7) is 3.76. The van der Waals surface area contributed by atoms with Gasteiger partial charge in [0.15, 0.2) is 6.79 Å². The van der Waals surface area contributed by atoms with Crippen LogP contribution in [0.15, 0.2) is 6.07 Å². The van der Waals surface area contributed by atoms with E-state index < -0.39 is 0 Å². The van der Waals surface area contributed by atoms with Crippen LogP contribution in [0.1, 0.15) is 30.9 Å². The number of carbonyl (C=O) groups excluding carboxylic acids is 1. The van der Waals surface area contributed by atoms with Crippen molar-refractivity contribution < 1.29 is 24.1 Å². The molecule has 1 rings (SSSR count). The third-order valence-electron chi connectivity index (χ3n) is 3.15. The number of ether oxygens (including phenoxy) is 3. The minimum Gasteiger partial charge on any atom is -0.507 e. The van der Waals surface area contributed by atoms with Crippen LogP contribution in [-0.2, 0) is 16.0 Å². The van der Waals surface area contributed by atoms with E-state index in [-0.39, 0.29) is 18.3 Å². The van der Waals surface area contributed by atoms with Crippen molar-refractivity contribution in [1.82, 2.24) is 0 Å². The van der Waals surface area contributed by atoms with Crippen molar-refractivity contribution in [2.24, 2.45) is 0 Å². The Bertz CT molecular complexity index is 468. The standard InChI is InChI=1S/C15H22O5/c1-5-11(16)6-7-12-13(17)8-14(20-9-18-3)10(2)15(12)19-4/h8,17H,5-7,9H2,1-4H3. The molecule has 0 heterocycles. The van der Waals surface area contributed by atoms with Crippen LogP contribution < -0.4 is 9.47 Å². The average molecular weight is 282 g/mol. The van der Waals surface area contributed by atoms with Crippen molar-refractivity contribution in [1.29, 1.82) is 0 Å². The molecule has 0 amide bonds. The Labute approximate surface area is 119 Å². The molecule has 0 aliphatic heterocycles. The van der Waals surface area contributed by atoms with E-state index in [1.165, 1.54) is 20.3 Å². The van der Waals surface area contributed by atoms with Gasteiger partial charge in [-0.25, -0.2) is 0 Å². The normalized spacial score (nSPS) is 10.4. The molecule has 0 unspecified atom stereocenters. The van der Waals surface area contributed by atoms with Crippen molar-refractivity contribution in [2.75, 3.05) is 21.0 Å². The Balaban J connectivity index is 3.05. The Morgan fingerprint density at radius 2 is 2.05 bits per heavy atom. The lowest BCUT2D eigenvalue weighted by molar-refractivity contribution is -0.118. The van der Waals surface area contributed by atoms with Gasteiger partial charge in [-0.15, -0.1) is 0 Å². The van der Waals surface area contributed by atoms with Crippen LogP contribution in [-0.4, -0.2) is 31.9 Å². The van der Waals surface area contributed by atoms with Crippen LogP contribution in [0.5, 0.6) is 17.2 Å². The highest BCUT2D eigenvalue weighted by atomic mass is 16.7. The van der Waals surface area contributed by atoms with Crippen LogP contribution >= 0.6 is 0 Å². The topological polar surface area (TPSA) is 65.0 Å². The highest BCUT2D eigenvalue weighted by molar-refractivity contribution is 5.78. The zero-order chi connectivity index (χ0) is 15.1. The molecule has 0 saturated heterocycles. The largest absolute Gasteiger partial charge is 0.507 e. The van der Waals surface area contributed by atoms with Crippen LogP contribution in [0.2, 0.25) is 0 Å². The minimum atomic E-state index is 0.0717. The fourth-order valence-corrected chi connectivity index (χ4v) is 2.01. The summed E-state index contributed by atoms with van der Waals surface area (Å²) in [6.07, 6.45) is 1.34. The summed E-state index contributed by atoms with van der Waals surface area (Å²) in [5, 5.41) is 10.1. The van der Waals surface area contributed by atoms with Crippen molar-refractivity contribution in [3.05, 3.63) is 17.2 Å². The molecule has 20 heavy (non-hydrogen) atoms. The molecule has 1 aromatic rings. The van der Waals surface area contributed by atoms with E-state index in [9.17, 15) is 9.90 Å². The second-order valence-electron chi connectivity index (χ2n) is 4.47. The summed E-state index contributed by atoms with van der Waals surface area (Å²) in [6, 6.07) is 1.53. The van der Waals surface area contributed by atoms with E-state index in [0.717, 1.165) is 5.56 Å². The van der Waals surface area contributed by atoms with Gasteiger partial charge >= 0.3 is 0 Å². The van der Waals surface area contributed by atoms with Gasteiger partial charge in [0, 0.05) is 37.1 Å². The molecular formula is C15H22O5. The van der Waals surface area contributed by atoms with E-state index in [1.807, 2.05) is 13.8 Å². The van der Waals surface area contributed by atoms with Gasteiger partial charge in [0.2, 0.25) is 0 Å². The highest BCUT2D eigenvalue weighted by Crippen LogP contribution is 2.38. The number of carbonyl (C=O) groups is 1. The molecule has 0 atom stereocenters. The number of methoxy groups -OCH3 is 2. The zero-order valence-electron chi connectivity index (χ0n) is 12.5. The number of benzene rings is 1. The smallest absolute Gasteiger partial charge is 0.188 e. The molecule has 0 bridgehead atoms. The molecule has 0 saturated carbocycles. The molecule has 0 aliphatic rings. The molecule has 0 aliphatic carbocycles. The van der Waals surface area contributed by atoms with E-state index >= 15 is 0 Å². The second kappa shape index (κ2) is 7.75. The quantitative estimate of drug-likeness (QED) is 0.742. The van der Waals surface area contributed by atoms with Crippen molar-refractivity contribution in [3.8, 4) is 17.2 Å². The number of phenolic OH excluding ortho intramolecular Hbond substituents is 1. The van der Waals surface area contributed by atoms with Gasteiger partial charge in [0.1, 0.15) is 23.0 Å². The lowest BCUT2D eigenvalue weighted by Gasteiger charge is -2.17. The monoisotopic (exact) mass is 282 g/mol. The summed E-state index contributed by atoms with van der Waals surface area (Å²) in [5.41, 5.74) is 1.41. The number of hydrogen-bond donors (Lipinski definition) is 1. The molecule has 5 heteroatoms. The summed E-state index contributed by atoms with van der Waals surface area (Å²) in [7, 11) is 3.06. The third-order valence-corrected chi connectivity index (χ3v) is 3.15. The Morgan fingerprint density at radius 3 is 2.60 bits per heavy atom. The number of rotatable bonds is 8. The summed E-state index contributed by atoms with van der Waals surface area (Å²) in [5.74, 6) is 1.29. The number of ketones is 1. The van der Waals surface area contributed by atoms with Gasteiger partial charge < -0.3 is 19.3 Å². The molecular weight excluding hydrogens is 260 g/mol. The maximum atomic E-state index is 11.4. The molecule has 5 nitrogen and oxygen atoms in total. The fraction of sp³-hybridized carbons (Fsp3) is 0.533. The number of Topliss-reactive ketones (excluding diaryl/α,β-unsaturated/α-hetero) is 1. The first-order valence-electron chi connectivity index (χ1n) is 6.57. The first kappa shape index (κ1) is 16.3. The Kier molecular flexibility index (Phi) is 6.31. The highest BCUT2D eigenvalue weighted by Gasteiger charge is 2.17. The fourth-order valence-electron chi connectivity index (χ4n) is 2.01. The van der Waals surface area contributed by atoms with Gasteiger partial charge in [0.05, 0.1) is 7.11 Å². The minimum absolute atomic E-state index is 0.0717. The lowest BCUT2D eigenvalue weighted by atomic mass is 10.0.